The van der Waals surface area contributed by atoms with Gasteiger partial charge in [0, 0.05) is 19.5 Å². The van der Waals surface area contributed by atoms with Crippen molar-refractivity contribution in [1.29, 1.82) is 0 Å². The summed E-state index contributed by atoms with van der Waals surface area (Å²) in [6.07, 6.45) is -0.725. The molecule has 1 aromatic rings. The minimum Gasteiger partial charge on any atom is -0.337 e. The van der Waals surface area contributed by atoms with E-state index in [1.807, 2.05) is 0 Å². The average Bonchev–Trinajstić information content (AvgIpc) is 2.69. The van der Waals surface area contributed by atoms with E-state index in [-0.39, 0.29) is 49.9 Å². The predicted molar refractivity (Wildman–Crippen MR) is 110 cm³/mol. The zero-order chi connectivity index (χ0) is 23.3. The molecule has 174 valence electrons. The van der Waals surface area contributed by atoms with E-state index in [1.165, 1.54) is 28.9 Å². The largest absolute Gasteiger partial charge is 0.416 e. The van der Waals surface area contributed by atoms with Crippen molar-refractivity contribution in [2.45, 2.75) is 63.8 Å². The summed E-state index contributed by atoms with van der Waals surface area (Å²) in [5, 5.41) is 0. The Bertz CT molecular complexity index is 901. The third-order valence-electron chi connectivity index (χ3n) is 7.18. The Hall–Kier alpha value is -2.58. The first-order valence-electron chi connectivity index (χ1n) is 11.0. The van der Waals surface area contributed by atoms with Gasteiger partial charge in [0.05, 0.1) is 18.7 Å². The molecule has 9 heteroatoms. The predicted octanol–water partition coefficient (Wildman–Crippen LogP) is 3.06. The van der Waals surface area contributed by atoms with Crippen molar-refractivity contribution < 1.29 is 27.6 Å². The Kier molecular flexibility index (Phi) is 5.71. The van der Waals surface area contributed by atoms with E-state index in [2.05, 4.69) is 6.92 Å². The highest BCUT2D eigenvalue weighted by Gasteiger charge is 2.60. The Labute approximate surface area is 185 Å². The summed E-state index contributed by atoms with van der Waals surface area (Å²) in [7, 11) is 0. The number of piperazine rings is 1. The number of carbonyl (C=O) groups excluding carboxylic acids is 3. The first-order chi connectivity index (χ1) is 15.0. The minimum atomic E-state index is -4.44. The van der Waals surface area contributed by atoms with Gasteiger partial charge < -0.3 is 14.7 Å². The Morgan fingerprint density at radius 2 is 1.66 bits per heavy atom. The Morgan fingerprint density at radius 1 is 1.06 bits per heavy atom. The molecule has 6 nitrogen and oxygen atoms in total. The van der Waals surface area contributed by atoms with Gasteiger partial charge in [-0.2, -0.15) is 13.2 Å². The molecule has 0 aromatic heterocycles. The number of hydrogen-bond donors (Lipinski definition) is 0. The van der Waals surface area contributed by atoms with Gasteiger partial charge in [-0.3, -0.25) is 14.4 Å². The molecule has 0 bridgehead atoms. The fourth-order valence-electron chi connectivity index (χ4n) is 5.11. The van der Waals surface area contributed by atoms with Crippen molar-refractivity contribution in [1.82, 2.24) is 14.7 Å². The number of carbonyl (C=O) groups is 3. The van der Waals surface area contributed by atoms with Crippen LogP contribution in [0.5, 0.6) is 0 Å². The molecule has 1 spiro atoms. The van der Waals surface area contributed by atoms with Gasteiger partial charge >= 0.3 is 6.18 Å². The maximum atomic E-state index is 13.7. The second kappa shape index (κ2) is 8.08. The first-order valence-corrected chi connectivity index (χ1v) is 11.0. The average molecular weight is 451 g/mol. The van der Waals surface area contributed by atoms with E-state index in [1.54, 1.807) is 4.90 Å². The quantitative estimate of drug-likeness (QED) is 0.710. The number of likely N-dealkylation sites (tertiary alicyclic amines) is 1. The van der Waals surface area contributed by atoms with Crippen LogP contribution in [0.1, 0.15) is 50.7 Å². The molecule has 4 rings (SSSR count). The van der Waals surface area contributed by atoms with Gasteiger partial charge in [0.25, 0.3) is 5.91 Å². The molecule has 0 unspecified atom stereocenters. The third-order valence-corrected chi connectivity index (χ3v) is 7.18. The molecule has 1 aromatic carbocycles. The molecule has 1 aliphatic carbocycles. The number of alkyl halides is 3. The van der Waals surface area contributed by atoms with Crippen molar-refractivity contribution in [3.63, 3.8) is 0 Å². The molecule has 0 radical (unpaired) electrons. The number of rotatable bonds is 3. The van der Waals surface area contributed by atoms with E-state index >= 15 is 0 Å². The number of hydrogen-bond acceptors (Lipinski definition) is 3. The van der Waals surface area contributed by atoms with Crippen LogP contribution in [0.25, 0.3) is 0 Å². The molecule has 32 heavy (non-hydrogen) atoms. The maximum Gasteiger partial charge on any atom is 0.416 e. The van der Waals surface area contributed by atoms with E-state index in [0.29, 0.717) is 11.5 Å². The monoisotopic (exact) mass is 451 g/mol. The fraction of sp³-hybridized carbons (Fsp3) is 0.609. The molecule has 1 saturated carbocycles. The van der Waals surface area contributed by atoms with Gasteiger partial charge in [-0.05, 0) is 49.3 Å². The first kappa shape index (κ1) is 22.6. The SMILES string of the molecule is CC(=O)N1CC2(C1)C(=O)N(C1CCC(C)CC1)CC(=O)N2Cc1ccc(C(F)(F)F)cc1. The second-order valence-corrected chi connectivity index (χ2v) is 9.43. The van der Waals surface area contributed by atoms with Crippen LogP contribution >= 0.6 is 0 Å². The van der Waals surface area contributed by atoms with Crippen LogP contribution in [0.4, 0.5) is 13.2 Å². The summed E-state index contributed by atoms with van der Waals surface area (Å²) in [5.74, 6) is 0.0465. The Morgan fingerprint density at radius 3 is 2.19 bits per heavy atom. The highest BCUT2D eigenvalue weighted by molar-refractivity contribution is 6.00. The molecule has 0 atom stereocenters. The molecule has 3 amide bonds. The fourth-order valence-corrected chi connectivity index (χ4v) is 5.11. The van der Waals surface area contributed by atoms with Crippen molar-refractivity contribution in [2.24, 2.45) is 5.92 Å². The lowest BCUT2D eigenvalue weighted by Crippen LogP contribution is -2.81. The number of benzene rings is 1. The van der Waals surface area contributed by atoms with Gasteiger partial charge in [0.2, 0.25) is 11.8 Å². The van der Waals surface area contributed by atoms with E-state index in [0.717, 1.165) is 37.8 Å². The van der Waals surface area contributed by atoms with Crippen LogP contribution in [-0.2, 0) is 27.1 Å². The van der Waals surface area contributed by atoms with Crippen LogP contribution in [0.3, 0.4) is 0 Å². The van der Waals surface area contributed by atoms with E-state index < -0.39 is 17.3 Å². The number of amides is 3. The molecule has 3 fully saturated rings. The standard InChI is InChI=1S/C23H28F3N3O3/c1-15-3-9-19(10-4-15)28-12-20(31)29(22(21(28)32)13-27(14-22)16(2)30)11-17-5-7-18(8-6-17)23(24,25)26/h5-8,15,19H,3-4,9-14H2,1-2H3. The summed E-state index contributed by atoms with van der Waals surface area (Å²) in [5.41, 5.74) is -1.40. The number of nitrogens with zero attached hydrogens (tertiary/aromatic N) is 3. The van der Waals surface area contributed by atoms with Crippen LogP contribution < -0.4 is 0 Å². The van der Waals surface area contributed by atoms with Gasteiger partial charge in [-0.1, -0.05) is 19.1 Å². The summed E-state index contributed by atoms with van der Waals surface area (Å²) < 4.78 is 38.7. The highest BCUT2D eigenvalue weighted by atomic mass is 19.4. The zero-order valence-electron chi connectivity index (χ0n) is 18.3. The van der Waals surface area contributed by atoms with Gasteiger partial charge in [-0.25, -0.2) is 0 Å². The lowest BCUT2D eigenvalue weighted by atomic mass is 9.80. The van der Waals surface area contributed by atoms with E-state index in [9.17, 15) is 27.6 Å². The van der Waals surface area contributed by atoms with Crippen molar-refractivity contribution >= 4 is 17.7 Å². The summed E-state index contributed by atoms with van der Waals surface area (Å²) >= 11 is 0. The molecular formula is C23H28F3N3O3. The van der Waals surface area contributed by atoms with Crippen LogP contribution in [0.15, 0.2) is 24.3 Å². The minimum absolute atomic E-state index is 0.0131. The summed E-state index contributed by atoms with van der Waals surface area (Å²) in [6, 6.07) is 4.65. The van der Waals surface area contributed by atoms with Crippen LogP contribution in [0.2, 0.25) is 0 Å². The van der Waals surface area contributed by atoms with Crippen LogP contribution in [0, 0.1) is 5.92 Å². The van der Waals surface area contributed by atoms with Crippen molar-refractivity contribution in [3.05, 3.63) is 35.4 Å². The van der Waals surface area contributed by atoms with Crippen molar-refractivity contribution in [3.8, 4) is 0 Å². The normalized spacial score (nSPS) is 25.8. The van der Waals surface area contributed by atoms with Gasteiger partial charge in [0.15, 0.2) is 5.54 Å². The second-order valence-electron chi connectivity index (χ2n) is 9.43. The zero-order valence-corrected chi connectivity index (χ0v) is 18.3. The number of halogens is 3. The van der Waals surface area contributed by atoms with Gasteiger partial charge in [-0.15, -0.1) is 0 Å². The van der Waals surface area contributed by atoms with E-state index in [4.69, 9.17) is 0 Å². The molecule has 2 heterocycles. The lowest BCUT2D eigenvalue weighted by Gasteiger charge is -2.59. The highest BCUT2D eigenvalue weighted by Crippen LogP contribution is 2.38. The van der Waals surface area contributed by atoms with Crippen LogP contribution in [-0.4, -0.2) is 63.6 Å². The third kappa shape index (κ3) is 3.97. The molecule has 2 saturated heterocycles. The Balaban J connectivity index is 1.58. The molecule has 2 aliphatic heterocycles. The lowest BCUT2D eigenvalue weighted by molar-refractivity contribution is -0.185. The smallest absolute Gasteiger partial charge is 0.337 e. The molecule has 3 aliphatic rings. The molecular weight excluding hydrogens is 423 g/mol. The maximum absolute atomic E-state index is 13.7. The van der Waals surface area contributed by atoms with Gasteiger partial charge in [0.1, 0.15) is 6.54 Å². The van der Waals surface area contributed by atoms with Crippen molar-refractivity contribution in [2.75, 3.05) is 19.6 Å². The summed E-state index contributed by atoms with van der Waals surface area (Å²) in [4.78, 5) is 43.4. The molecule has 0 N–H and O–H groups in total. The topological polar surface area (TPSA) is 60.9 Å². The summed E-state index contributed by atoms with van der Waals surface area (Å²) in [6.45, 7) is 3.84.